The van der Waals surface area contributed by atoms with Gasteiger partial charge in [0.15, 0.2) is 0 Å². The van der Waals surface area contributed by atoms with Crippen LogP contribution in [0.25, 0.3) is 0 Å². The van der Waals surface area contributed by atoms with Crippen molar-refractivity contribution in [2.24, 2.45) is 5.92 Å². The molecule has 1 fully saturated rings. The van der Waals surface area contributed by atoms with E-state index >= 15 is 0 Å². The lowest BCUT2D eigenvalue weighted by Crippen LogP contribution is -2.24. The summed E-state index contributed by atoms with van der Waals surface area (Å²) in [5, 5.41) is 8.49. The molecule has 0 radical (unpaired) electrons. The molecule has 0 saturated heterocycles. The predicted molar refractivity (Wildman–Crippen MR) is 67.1 cm³/mol. The van der Waals surface area contributed by atoms with Crippen molar-refractivity contribution < 1.29 is 14.6 Å². The molecule has 4 nitrogen and oxygen atoms in total. The molecular weight excluding hydrogens is 218 g/mol. The van der Waals surface area contributed by atoms with Crippen LogP contribution in [0.4, 0.5) is 0 Å². The maximum Gasteiger partial charge on any atom is 0.303 e. The number of carboxylic acids is 1. The van der Waals surface area contributed by atoms with Gasteiger partial charge in [0, 0.05) is 19.6 Å². The van der Waals surface area contributed by atoms with Gasteiger partial charge in [-0.3, -0.25) is 4.79 Å². The molecule has 0 atom stereocenters. The summed E-state index contributed by atoms with van der Waals surface area (Å²) in [7, 11) is 2.09. The lowest BCUT2D eigenvalue weighted by atomic mass is 10.2. The Bertz CT molecular complexity index is 217. The number of unbranched alkanes of at least 4 members (excludes halogenated alkanes) is 2. The summed E-state index contributed by atoms with van der Waals surface area (Å²) in [6.07, 6.45) is 5.86. The molecule has 0 unspecified atom stereocenters. The van der Waals surface area contributed by atoms with Gasteiger partial charge in [-0.25, -0.2) is 0 Å². The monoisotopic (exact) mass is 243 g/mol. The molecule has 1 aliphatic rings. The van der Waals surface area contributed by atoms with Gasteiger partial charge in [0.05, 0.1) is 6.61 Å². The molecular formula is C13H25NO3. The lowest BCUT2D eigenvalue weighted by Gasteiger charge is -2.16. The Hall–Kier alpha value is -0.610. The Balaban J connectivity index is 1.79. The number of carboxylic acid groups (broad SMARTS) is 1. The maximum absolute atomic E-state index is 10.3. The maximum atomic E-state index is 10.3. The third-order valence-electron chi connectivity index (χ3n) is 3.10. The largest absolute Gasteiger partial charge is 0.481 e. The van der Waals surface area contributed by atoms with Crippen LogP contribution >= 0.6 is 0 Å². The second-order valence-electron chi connectivity index (χ2n) is 5.03. The van der Waals surface area contributed by atoms with Crippen LogP contribution < -0.4 is 0 Å². The van der Waals surface area contributed by atoms with E-state index in [4.69, 9.17) is 9.84 Å². The fraction of sp³-hybridized carbons (Fsp3) is 0.923. The Kier molecular flexibility index (Phi) is 7.21. The minimum Gasteiger partial charge on any atom is -0.481 e. The van der Waals surface area contributed by atoms with Crippen molar-refractivity contribution in [3.05, 3.63) is 0 Å². The minimum atomic E-state index is -0.688. The Morgan fingerprint density at radius 1 is 1.29 bits per heavy atom. The molecule has 0 amide bonds. The number of carbonyl (C=O) groups is 1. The number of aliphatic carboxylic acids is 1. The molecule has 0 aromatic heterocycles. The standard InChI is InChI=1S/C13H25NO3/c1-14(8-4-2-3-5-13(15)16)9-10-17-11-12-6-7-12/h12H,2-11H2,1H3,(H,15,16). The number of rotatable bonds is 11. The number of hydrogen-bond donors (Lipinski definition) is 1. The first kappa shape index (κ1) is 14.5. The number of likely N-dealkylation sites (N-methyl/N-ethyl adjacent to an activating group) is 1. The van der Waals surface area contributed by atoms with E-state index in [0.29, 0.717) is 6.42 Å². The molecule has 0 aliphatic heterocycles. The third kappa shape index (κ3) is 9.12. The average molecular weight is 243 g/mol. The molecule has 0 heterocycles. The molecule has 1 aliphatic carbocycles. The zero-order valence-corrected chi connectivity index (χ0v) is 10.9. The smallest absolute Gasteiger partial charge is 0.303 e. The van der Waals surface area contributed by atoms with Gasteiger partial charge in [0.2, 0.25) is 0 Å². The molecule has 17 heavy (non-hydrogen) atoms. The van der Waals surface area contributed by atoms with Crippen molar-refractivity contribution in [3.8, 4) is 0 Å². The van der Waals surface area contributed by atoms with E-state index in [1.807, 2.05) is 0 Å². The van der Waals surface area contributed by atoms with Crippen LogP contribution in [0.2, 0.25) is 0 Å². The predicted octanol–water partition coefficient (Wildman–Crippen LogP) is 1.99. The van der Waals surface area contributed by atoms with Gasteiger partial charge in [0.1, 0.15) is 0 Å². The van der Waals surface area contributed by atoms with Gasteiger partial charge >= 0.3 is 5.97 Å². The third-order valence-corrected chi connectivity index (χ3v) is 3.10. The Labute approximate surface area is 104 Å². The van der Waals surface area contributed by atoms with Gasteiger partial charge in [-0.2, -0.15) is 0 Å². The molecule has 0 spiro atoms. The summed E-state index contributed by atoms with van der Waals surface area (Å²) in [6.45, 7) is 3.77. The molecule has 4 heteroatoms. The van der Waals surface area contributed by atoms with Gasteiger partial charge in [-0.15, -0.1) is 0 Å². The molecule has 1 N–H and O–H groups in total. The van der Waals surface area contributed by atoms with E-state index < -0.39 is 5.97 Å². The normalized spacial score (nSPS) is 15.4. The molecule has 0 bridgehead atoms. The molecule has 100 valence electrons. The highest BCUT2D eigenvalue weighted by molar-refractivity contribution is 5.66. The zero-order valence-electron chi connectivity index (χ0n) is 10.9. The fourth-order valence-corrected chi connectivity index (χ4v) is 1.70. The topological polar surface area (TPSA) is 49.8 Å². The fourth-order valence-electron chi connectivity index (χ4n) is 1.70. The SMILES string of the molecule is CN(CCCCCC(=O)O)CCOCC1CC1. The second-order valence-corrected chi connectivity index (χ2v) is 5.03. The first-order valence-electron chi connectivity index (χ1n) is 6.66. The summed E-state index contributed by atoms with van der Waals surface area (Å²) in [4.78, 5) is 12.6. The second kappa shape index (κ2) is 8.48. The summed E-state index contributed by atoms with van der Waals surface area (Å²) in [5.41, 5.74) is 0. The van der Waals surface area contributed by atoms with E-state index in [9.17, 15) is 4.79 Å². The first-order valence-corrected chi connectivity index (χ1v) is 6.66. The molecule has 0 aromatic carbocycles. The lowest BCUT2D eigenvalue weighted by molar-refractivity contribution is -0.137. The summed E-state index contributed by atoms with van der Waals surface area (Å²) in [5.74, 6) is 0.156. The van der Waals surface area contributed by atoms with Crippen molar-refractivity contribution >= 4 is 5.97 Å². The van der Waals surface area contributed by atoms with Crippen LogP contribution in [0.15, 0.2) is 0 Å². The quantitative estimate of drug-likeness (QED) is 0.564. The zero-order chi connectivity index (χ0) is 12.5. The highest BCUT2D eigenvalue weighted by atomic mass is 16.5. The van der Waals surface area contributed by atoms with Gasteiger partial charge in [-0.1, -0.05) is 6.42 Å². The highest BCUT2D eigenvalue weighted by Crippen LogP contribution is 2.28. The van der Waals surface area contributed by atoms with Crippen LogP contribution in [0.3, 0.4) is 0 Å². The van der Waals surface area contributed by atoms with Crippen molar-refractivity contribution in [1.29, 1.82) is 0 Å². The first-order chi connectivity index (χ1) is 8.18. The molecule has 1 rings (SSSR count). The minimum absolute atomic E-state index is 0.300. The van der Waals surface area contributed by atoms with Crippen LogP contribution in [0.1, 0.15) is 38.5 Å². The summed E-state index contributed by atoms with van der Waals surface area (Å²) < 4.78 is 5.57. The van der Waals surface area contributed by atoms with Crippen LogP contribution in [-0.2, 0) is 9.53 Å². The van der Waals surface area contributed by atoms with Crippen molar-refractivity contribution in [2.45, 2.75) is 38.5 Å². The van der Waals surface area contributed by atoms with Crippen molar-refractivity contribution in [3.63, 3.8) is 0 Å². The number of ether oxygens (including phenoxy) is 1. The van der Waals surface area contributed by atoms with Gasteiger partial charge in [-0.05, 0) is 45.2 Å². The number of hydrogen-bond acceptors (Lipinski definition) is 3. The molecule has 1 saturated carbocycles. The van der Waals surface area contributed by atoms with Crippen LogP contribution in [-0.4, -0.2) is 49.3 Å². The van der Waals surface area contributed by atoms with E-state index in [1.165, 1.54) is 12.8 Å². The van der Waals surface area contributed by atoms with E-state index in [0.717, 1.165) is 51.5 Å². The van der Waals surface area contributed by atoms with Crippen molar-refractivity contribution in [2.75, 3.05) is 33.4 Å². The van der Waals surface area contributed by atoms with E-state index in [2.05, 4.69) is 11.9 Å². The summed E-state index contributed by atoms with van der Waals surface area (Å²) in [6, 6.07) is 0. The highest BCUT2D eigenvalue weighted by Gasteiger charge is 2.20. The number of nitrogens with zero attached hydrogens (tertiary/aromatic N) is 1. The van der Waals surface area contributed by atoms with Gasteiger partial charge < -0.3 is 14.7 Å². The Morgan fingerprint density at radius 3 is 2.71 bits per heavy atom. The van der Waals surface area contributed by atoms with Crippen molar-refractivity contribution in [1.82, 2.24) is 4.90 Å². The van der Waals surface area contributed by atoms with Crippen LogP contribution in [0.5, 0.6) is 0 Å². The average Bonchev–Trinajstić information content (AvgIpc) is 3.07. The summed E-state index contributed by atoms with van der Waals surface area (Å²) >= 11 is 0. The van der Waals surface area contributed by atoms with Gasteiger partial charge in [0.25, 0.3) is 0 Å². The van der Waals surface area contributed by atoms with E-state index in [1.54, 1.807) is 0 Å². The molecule has 0 aromatic rings. The van der Waals surface area contributed by atoms with E-state index in [-0.39, 0.29) is 0 Å². The van der Waals surface area contributed by atoms with Crippen LogP contribution in [0, 0.1) is 5.92 Å². The Morgan fingerprint density at radius 2 is 2.06 bits per heavy atom.